The number of hydrogen-bond acceptors (Lipinski definition) is 3. The van der Waals surface area contributed by atoms with Crippen molar-refractivity contribution in [2.75, 3.05) is 0 Å². The van der Waals surface area contributed by atoms with Crippen LogP contribution in [0.2, 0.25) is 0 Å². The zero-order valence-electron chi connectivity index (χ0n) is 20.3. The lowest BCUT2D eigenvalue weighted by Crippen LogP contribution is -2.29. The largest absolute Gasteiger partial charge is 0.457 e. The van der Waals surface area contributed by atoms with Crippen LogP contribution >= 0.6 is 0 Å². The van der Waals surface area contributed by atoms with E-state index in [9.17, 15) is 27.6 Å². The van der Waals surface area contributed by atoms with Crippen molar-refractivity contribution in [2.24, 2.45) is 0 Å². The fourth-order valence-corrected chi connectivity index (χ4v) is 4.12. The zero-order valence-corrected chi connectivity index (χ0v) is 20.3. The molecule has 4 aromatic rings. The number of benzene rings is 3. The van der Waals surface area contributed by atoms with E-state index in [4.69, 9.17) is 4.74 Å². The molecule has 0 aliphatic carbocycles. The molecule has 4 rings (SSSR count). The molecule has 0 spiro atoms. The molecule has 4 nitrogen and oxygen atoms in total. The van der Waals surface area contributed by atoms with Crippen LogP contribution in [0.1, 0.15) is 33.4 Å². The molecule has 37 heavy (non-hydrogen) atoms. The first kappa shape index (κ1) is 25.7. The van der Waals surface area contributed by atoms with Crippen LogP contribution in [-0.2, 0) is 12.7 Å². The normalized spacial score (nSPS) is 11.3. The predicted octanol–water partition coefficient (Wildman–Crippen LogP) is 7.31. The standard InChI is InChI=1S/C29H22F4N2O2/c1-17-4-5-21(18(2)12-17)16-35-26(14-25(29(31,32)33)24(15-34)28(35)36)20-6-11-27(19(3)13-20)37-23-9-7-22(30)8-10-23/h4-14H,16H2,1-3H3. The van der Waals surface area contributed by atoms with Gasteiger partial charge in [0.05, 0.1) is 17.8 Å². The Morgan fingerprint density at radius 1 is 0.919 bits per heavy atom. The van der Waals surface area contributed by atoms with Crippen LogP contribution in [0.4, 0.5) is 17.6 Å². The number of ether oxygens (including phenoxy) is 1. The van der Waals surface area contributed by atoms with Crippen molar-refractivity contribution in [3.05, 3.63) is 116 Å². The zero-order chi connectivity index (χ0) is 26.9. The van der Waals surface area contributed by atoms with Gasteiger partial charge in [-0.25, -0.2) is 4.39 Å². The van der Waals surface area contributed by atoms with Gasteiger partial charge in [0.15, 0.2) is 0 Å². The second-order valence-corrected chi connectivity index (χ2v) is 8.79. The van der Waals surface area contributed by atoms with Crippen LogP contribution < -0.4 is 10.3 Å². The Balaban J connectivity index is 1.87. The summed E-state index contributed by atoms with van der Waals surface area (Å²) in [5, 5.41) is 9.44. The molecule has 0 N–H and O–H groups in total. The first-order valence-electron chi connectivity index (χ1n) is 11.3. The molecule has 0 aliphatic rings. The summed E-state index contributed by atoms with van der Waals surface area (Å²) in [6, 6.07) is 18.0. The van der Waals surface area contributed by atoms with Crippen molar-refractivity contribution >= 4 is 0 Å². The Morgan fingerprint density at radius 2 is 1.62 bits per heavy atom. The van der Waals surface area contributed by atoms with Crippen LogP contribution in [-0.4, -0.2) is 4.57 Å². The van der Waals surface area contributed by atoms with Gasteiger partial charge in [0, 0.05) is 0 Å². The van der Waals surface area contributed by atoms with Crippen LogP contribution in [0.25, 0.3) is 11.3 Å². The van der Waals surface area contributed by atoms with E-state index in [1.807, 2.05) is 32.0 Å². The third-order valence-corrected chi connectivity index (χ3v) is 6.06. The first-order chi connectivity index (χ1) is 17.5. The minimum atomic E-state index is -4.89. The van der Waals surface area contributed by atoms with E-state index in [0.29, 0.717) is 22.6 Å². The maximum absolute atomic E-state index is 13.8. The molecular weight excluding hydrogens is 484 g/mol. The molecule has 0 amide bonds. The summed E-state index contributed by atoms with van der Waals surface area (Å²) in [4.78, 5) is 13.2. The van der Waals surface area contributed by atoms with Gasteiger partial charge in [-0.15, -0.1) is 0 Å². The summed E-state index contributed by atoms with van der Waals surface area (Å²) in [6.07, 6.45) is -4.89. The number of nitrogens with zero attached hydrogens (tertiary/aromatic N) is 2. The Kier molecular flexibility index (Phi) is 6.90. The lowest BCUT2D eigenvalue weighted by atomic mass is 10.0. The van der Waals surface area contributed by atoms with Gasteiger partial charge in [0.25, 0.3) is 5.56 Å². The molecule has 8 heteroatoms. The Hall–Kier alpha value is -4.38. The number of aromatic nitrogens is 1. The maximum Gasteiger partial charge on any atom is 0.417 e. The van der Waals surface area contributed by atoms with Gasteiger partial charge in [-0.05, 0) is 91.6 Å². The van der Waals surface area contributed by atoms with E-state index in [-0.39, 0.29) is 12.2 Å². The number of rotatable bonds is 5. The molecule has 0 radical (unpaired) electrons. The van der Waals surface area contributed by atoms with Crippen molar-refractivity contribution in [3.8, 4) is 28.8 Å². The number of alkyl halides is 3. The van der Waals surface area contributed by atoms with E-state index >= 15 is 0 Å². The molecule has 0 saturated heterocycles. The third-order valence-electron chi connectivity index (χ3n) is 6.06. The van der Waals surface area contributed by atoms with Gasteiger partial charge in [-0.1, -0.05) is 23.8 Å². The summed E-state index contributed by atoms with van der Waals surface area (Å²) in [6.45, 7) is 5.47. The van der Waals surface area contributed by atoms with Crippen molar-refractivity contribution in [1.29, 1.82) is 5.26 Å². The van der Waals surface area contributed by atoms with Crippen molar-refractivity contribution < 1.29 is 22.3 Å². The second-order valence-electron chi connectivity index (χ2n) is 8.79. The monoisotopic (exact) mass is 506 g/mol. The van der Waals surface area contributed by atoms with Crippen LogP contribution in [0.3, 0.4) is 0 Å². The minimum Gasteiger partial charge on any atom is -0.457 e. The lowest BCUT2D eigenvalue weighted by Gasteiger charge is -2.19. The number of aryl methyl sites for hydroxylation is 3. The quantitative estimate of drug-likeness (QED) is 0.267. The molecular formula is C29H22F4N2O2. The second kappa shape index (κ2) is 9.94. The van der Waals surface area contributed by atoms with Gasteiger partial charge in [-0.3, -0.25) is 4.79 Å². The van der Waals surface area contributed by atoms with Gasteiger partial charge >= 0.3 is 6.18 Å². The van der Waals surface area contributed by atoms with Crippen molar-refractivity contribution in [3.63, 3.8) is 0 Å². The summed E-state index contributed by atoms with van der Waals surface area (Å²) in [7, 11) is 0. The van der Waals surface area contributed by atoms with Gasteiger partial charge in [-0.2, -0.15) is 18.4 Å². The third kappa shape index (κ3) is 5.41. The number of hydrogen-bond donors (Lipinski definition) is 0. The highest BCUT2D eigenvalue weighted by atomic mass is 19.4. The SMILES string of the molecule is Cc1ccc(Cn2c(-c3ccc(Oc4ccc(F)cc4)c(C)c3)cc(C(F)(F)F)c(C#N)c2=O)c(C)c1. The van der Waals surface area contributed by atoms with Crippen molar-refractivity contribution in [1.82, 2.24) is 4.57 Å². The molecule has 1 aromatic heterocycles. The highest BCUT2D eigenvalue weighted by Gasteiger charge is 2.36. The Labute approximate surface area is 211 Å². The first-order valence-corrected chi connectivity index (χ1v) is 11.3. The lowest BCUT2D eigenvalue weighted by molar-refractivity contribution is -0.137. The van der Waals surface area contributed by atoms with Gasteiger partial charge in [0.2, 0.25) is 0 Å². The van der Waals surface area contributed by atoms with Gasteiger partial charge in [0.1, 0.15) is 28.9 Å². The van der Waals surface area contributed by atoms with Crippen LogP contribution in [0.5, 0.6) is 11.5 Å². The smallest absolute Gasteiger partial charge is 0.417 e. The van der Waals surface area contributed by atoms with Crippen molar-refractivity contribution in [2.45, 2.75) is 33.5 Å². The number of pyridine rings is 1. The van der Waals surface area contributed by atoms with E-state index in [0.717, 1.165) is 22.8 Å². The Morgan fingerprint density at radius 3 is 2.22 bits per heavy atom. The average Bonchev–Trinajstić information content (AvgIpc) is 2.83. The molecule has 0 atom stereocenters. The molecule has 3 aromatic carbocycles. The highest BCUT2D eigenvalue weighted by molar-refractivity contribution is 5.65. The summed E-state index contributed by atoms with van der Waals surface area (Å²) >= 11 is 0. The average molecular weight is 506 g/mol. The van der Waals surface area contributed by atoms with E-state index in [1.165, 1.54) is 34.9 Å². The topological polar surface area (TPSA) is 55.0 Å². The van der Waals surface area contributed by atoms with Gasteiger partial charge < -0.3 is 9.30 Å². The Bertz CT molecular complexity index is 1580. The molecule has 0 unspecified atom stereocenters. The maximum atomic E-state index is 13.8. The number of halogens is 4. The van der Waals surface area contributed by atoms with E-state index in [2.05, 4.69) is 0 Å². The molecule has 0 bridgehead atoms. The van der Waals surface area contributed by atoms with E-state index < -0.39 is 28.7 Å². The molecule has 1 heterocycles. The molecule has 0 saturated carbocycles. The summed E-state index contributed by atoms with van der Waals surface area (Å²) < 4.78 is 61.7. The minimum absolute atomic E-state index is 0.0139. The van der Waals surface area contributed by atoms with E-state index in [1.54, 1.807) is 25.1 Å². The predicted molar refractivity (Wildman–Crippen MR) is 132 cm³/mol. The highest BCUT2D eigenvalue weighted by Crippen LogP contribution is 2.35. The summed E-state index contributed by atoms with van der Waals surface area (Å²) in [5.74, 6) is 0.396. The fourth-order valence-electron chi connectivity index (χ4n) is 4.12. The molecule has 188 valence electrons. The van der Waals surface area contributed by atoms with Crippen LogP contribution in [0, 0.1) is 37.9 Å². The summed E-state index contributed by atoms with van der Waals surface area (Å²) in [5.41, 5.74) is 0.327. The molecule has 0 aliphatic heterocycles. The molecule has 0 fully saturated rings. The fraction of sp³-hybridized carbons (Fsp3) is 0.172. The van der Waals surface area contributed by atoms with Crippen LogP contribution in [0.15, 0.2) is 71.5 Å². The number of nitriles is 1.